The van der Waals surface area contributed by atoms with Crippen LogP contribution in [0.4, 0.5) is 9.52 Å². The molecule has 4 aromatic rings. The van der Waals surface area contributed by atoms with Gasteiger partial charge in [0.1, 0.15) is 17.3 Å². The topological polar surface area (TPSA) is 111 Å². The molecule has 1 N–H and O–H groups in total. The Bertz CT molecular complexity index is 1760. The maximum Gasteiger partial charge on any atom is 0.301 e. The predicted molar refractivity (Wildman–Crippen MR) is 181 cm³/mol. The molecule has 0 saturated carbocycles. The number of aliphatic hydroxyl groups excluding tert-OH is 1. The minimum Gasteiger partial charge on any atom is -0.507 e. The van der Waals surface area contributed by atoms with Crippen molar-refractivity contribution >= 4 is 45.7 Å². The number of amides is 1. The number of carbonyl (C=O) groups is 2. The second-order valence-electron chi connectivity index (χ2n) is 11.0. The average molecular weight is 678 g/mol. The fourth-order valence-corrected chi connectivity index (χ4v) is 6.83. The Morgan fingerprint density at radius 1 is 0.979 bits per heavy atom. The molecule has 47 heavy (non-hydrogen) atoms. The monoisotopic (exact) mass is 677 g/mol. The van der Waals surface area contributed by atoms with Crippen LogP contribution in [0.25, 0.3) is 5.76 Å². The zero-order valence-electron chi connectivity index (χ0n) is 26.6. The second-order valence-corrected chi connectivity index (χ2v) is 13.2. The third kappa shape index (κ3) is 7.77. The molecular weight excluding hydrogens is 642 g/mol. The van der Waals surface area contributed by atoms with Crippen LogP contribution in [0, 0.1) is 11.7 Å². The van der Waals surface area contributed by atoms with Crippen LogP contribution in [0.1, 0.15) is 56.8 Å². The summed E-state index contributed by atoms with van der Waals surface area (Å²) in [6.45, 7) is 9.26. The molecule has 0 radical (unpaired) electrons. The molecule has 1 unspecified atom stereocenters. The largest absolute Gasteiger partial charge is 0.507 e. The molecule has 1 saturated heterocycles. The van der Waals surface area contributed by atoms with Crippen LogP contribution in [0.3, 0.4) is 0 Å². The fraction of sp³-hybridized carbons (Fsp3) is 0.314. The quantitative estimate of drug-likeness (QED) is 0.0470. The summed E-state index contributed by atoms with van der Waals surface area (Å²) in [4.78, 5) is 28.7. The number of aromatic nitrogens is 2. The molecule has 2 heterocycles. The number of anilines is 1. The minimum atomic E-state index is -1.05. The summed E-state index contributed by atoms with van der Waals surface area (Å²) in [5.41, 5.74) is 1.25. The lowest BCUT2D eigenvalue weighted by Gasteiger charge is -2.24. The van der Waals surface area contributed by atoms with E-state index in [9.17, 15) is 19.1 Å². The summed E-state index contributed by atoms with van der Waals surface area (Å²) in [5.74, 6) is -0.0667. The van der Waals surface area contributed by atoms with Gasteiger partial charge in [-0.1, -0.05) is 61.2 Å². The van der Waals surface area contributed by atoms with Crippen LogP contribution in [-0.2, 0) is 15.3 Å². The summed E-state index contributed by atoms with van der Waals surface area (Å²) in [7, 11) is 0. The van der Waals surface area contributed by atoms with E-state index in [0.717, 1.165) is 17.8 Å². The van der Waals surface area contributed by atoms with E-state index in [2.05, 4.69) is 24.0 Å². The van der Waals surface area contributed by atoms with Crippen molar-refractivity contribution in [3.63, 3.8) is 0 Å². The first-order valence-corrected chi connectivity index (χ1v) is 17.1. The molecule has 1 atom stereocenters. The number of ether oxygens (including phenoxy) is 3. The number of benzene rings is 3. The van der Waals surface area contributed by atoms with Crippen LogP contribution < -0.4 is 19.1 Å². The second kappa shape index (κ2) is 15.4. The van der Waals surface area contributed by atoms with Gasteiger partial charge in [0.05, 0.1) is 31.4 Å². The highest BCUT2D eigenvalue weighted by molar-refractivity contribution is 8.00. The molecule has 3 aromatic carbocycles. The molecule has 5 rings (SSSR count). The van der Waals surface area contributed by atoms with Crippen molar-refractivity contribution in [3.8, 4) is 17.2 Å². The number of carbonyl (C=O) groups excluding carboxylic acids is 2. The van der Waals surface area contributed by atoms with E-state index in [-0.39, 0.29) is 22.3 Å². The highest BCUT2D eigenvalue weighted by Crippen LogP contribution is 2.46. The van der Waals surface area contributed by atoms with Crippen molar-refractivity contribution < 1.29 is 33.3 Å². The first kappa shape index (κ1) is 33.9. The number of nitrogens with zero attached hydrogens (tertiary/aromatic N) is 3. The Kier molecular flexibility index (Phi) is 11.2. The van der Waals surface area contributed by atoms with E-state index in [1.807, 2.05) is 13.8 Å². The number of aliphatic hydroxyl groups is 1. The fourth-order valence-electron chi connectivity index (χ4n) is 4.98. The summed E-state index contributed by atoms with van der Waals surface area (Å²) in [5, 5.41) is 20.2. The number of ketones is 1. The first-order chi connectivity index (χ1) is 22.7. The van der Waals surface area contributed by atoms with Crippen molar-refractivity contribution in [1.82, 2.24) is 10.2 Å². The van der Waals surface area contributed by atoms with Gasteiger partial charge >= 0.3 is 5.91 Å². The molecular formula is C35H36FN3O6S2. The van der Waals surface area contributed by atoms with E-state index in [0.29, 0.717) is 69.8 Å². The Morgan fingerprint density at radius 2 is 1.72 bits per heavy atom. The summed E-state index contributed by atoms with van der Waals surface area (Å²) >= 11 is 2.37. The van der Waals surface area contributed by atoms with Crippen LogP contribution >= 0.6 is 23.1 Å². The number of halogens is 1. The number of hydrogen-bond donors (Lipinski definition) is 1. The summed E-state index contributed by atoms with van der Waals surface area (Å²) in [6.07, 6.45) is 0.851. The molecule has 1 aliphatic heterocycles. The molecule has 0 bridgehead atoms. The van der Waals surface area contributed by atoms with E-state index < -0.39 is 17.7 Å². The van der Waals surface area contributed by atoms with Crippen molar-refractivity contribution in [2.75, 3.05) is 24.7 Å². The average Bonchev–Trinajstić information content (AvgIpc) is 3.63. The lowest BCUT2D eigenvalue weighted by molar-refractivity contribution is -0.132. The van der Waals surface area contributed by atoms with Crippen LogP contribution in [-0.4, -0.2) is 46.8 Å². The van der Waals surface area contributed by atoms with Gasteiger partial charge in [-0.15, -0.1) is 10.2 Å². The normalized spacial score (nSPS) is 15.8. The lowest BCUT2D eigenvalue weighted by Crippen LogP contribution is -2.29. The van der Waals surface area contributed by atoms with Gasteiger partial charge in [-0.05, 0) is 79.8 Å². The summed E-state index contributed by atoms with van der Waals surface area (Å²) in [6, 6.07) is 17.2. The maximum absolute atomic E-state index is 14.2. The molecule has 12 heteroatoms. The molecule has 246 valence electrons. The lowest BCUT2D eigenvalue weighted by atomic mass is 9.95. The Hall–Kier alpha value is -4.42. The zero-order valence-corrected chi connectivity index (χ0v) is 28.2. The van der Waals surface area contributed by atoms with Crippen molar-refractivity contribution in [3.05, 3.63) is 94.8 Å². The Balaban J connectivity index is 1.56. The number of thioether (sulfide) groups is 1. The van der Waals surface area contributed by atoms with Gasteiger partial charge < -0.3 is 19.3 Å². The standard InChI is InChI=1S/C35H36FN3O6S2/c1-5-43-25-14-11-22(12-15-25)31(40)29-30(23-13-16-27(28(19-23)44-6-2)45-18-17-21(3)4)39(33(42)32(29)41)34-37-38-35(47-34)46-20-24-9-7-8-10-26(24)36/h7-16,19,21,30,40H,5-6,17-18,20H2,1-4H3. The molecule has 1 amide bonds. The minimum absolute atomic E-state index is 0.106. The smallest absolute Gasteiger partial charge is 0.301 e. The van der Waals surface area contributed by atoms with Gasteiger partial charge in [-0.25, -0.2) is 4.39 Å². The van der Waals surface area contributed by atoms with Crippen molar-refractivity contribution in [2.24, 2.45) is 5.92 Å². The maximum atomic E-state index is 14.2. The van der Waals surface area contributed by atoms with E-state index in [1.54, 1.807) is 60.7 Å². The Labute approximate surface area is 281 Å². The van der Waals surface area contributed by atoms with Gasteiger partial charge in [0, 0.05) is 11.3 Å². The molecule has 1 aromatic heterocycles. The number of hydrogen-bond acceptors (Lipinski definition) is 10. The summed E-state index contributed by atoms with van der Waals surface area (Å²) < 4.78 is 32.2. The first-order valence-electron chi connectivity index (χ1n) is 15.3. The van der Waals surface area contributed by atoms with Gasteiger partial charge in [0.2, 0.25) is 5.13 Å². The molecule has 9 nitrogen and oxygen atoms in total. The molecule has 0 aliphatic carbocycles. The van der Waals surface area contributed by atoms with Gasteiger partial charge in [0.15, 0.2) is 15.8 Å². The third-order valence-corrected chi connectivity index (χ3v) is 9.43. The molecule has 1 fully saturated rings. The van der Waals surface area contributed by atoms with Crippen molar-refractivity contribution in [1.29, 1.82) is 0 Å². The van der Waals surface area contributed by atoms with E-state index >= 15 is 0 Å². The van der Waals surface area contributed by atoms with E-state index in [1.165, 1.54) is 22.7 Å². The van der Waals surface area contributed by atoms with Crippen molar-refractivity contribution in [2.45, 2.75) is 50.3 Å². The van der Waals surface area contributed by atoms with Gasteiger partial charge in [0.25, 0.3) is 5.78 Å². The van der Waals surface area contributed by atoms with E-state index in [4.69, 9.17) is 14.2 Å². The number of Topliss-reactive ketones (excluding diaryl/α,β-unsaturated/α-hetero) is 1. The molecule has 1 aliphatic rings. The highest BCUT2D eigenvalue weighted by Gasteiger charge is 2.48. The Morgan fingerprint density at radius 3 is 2.43 bits per heavy atom. The SMILES string of the molecule is CCOc1ccc(C(O)=C2C(=O)C(=O)N(c3nnc(SCc4ccccc4F)s3)C2c2ccc(OCCC(C)C)c(OCC)c2)cc1. The highest BCUT2D eigenvalue weighted by atomic mass is 32.2. The zero-order chi connectivity index (χ0) is 33.5. The van der Waals surface area contributed by atoms with Gasteiger partial charge in [-0.3, -0.25) is 14.5 Å². The van der Waals surface area contributed by atoms with Crippen LogP contribution in [0.15, 0.2) is 76.6 Å². The molecule has 0 spiro atoms. The van der Waals surface area contributed by atoms with Crippen LogP contribution in [0.2, 0.25) is 0 Å². The predicted octanol–water partition coefficient (Wildman–Crippen LogP) is 7.82. The van der Waals surface area contributed by atoms with Crippen LogP contribution in [0.5, 0.6) is 17.2 Å². The third-order valence-electron chi connectivity index (χ3n) is 7.33. The number of rotatable bonds is 14. The van der Waals surface area contributed by atoms with Gasteiger partial charge in [-0.2, -0.15) is 0 Å².